The second kappa shape index (κ2) is 5.20. The Labute approximate surface area is 123 Å². The Morgan fingerprint density at radius 3 is 2.81 bits per heavy atom. The zero-order valence-electron chi connectivity index (χ0n) is 12.6. The number of hydrogen-bond donors (Lipinski definition) is 1. The van der Waals surface area contributed by atoms with Gasteiger partial charge in [-0.25, -0.2) is 4.98 Å². The number of benzene rings is 1. The number of aromatic nitrogens is 3. The van der Waals surface area contributed by atoms with Crippen LogP contribution in [0.1, 0.15) is 22.5 Å². The van der Waals surface area contributed by atoms with Gasteiger partial charge >= 0.3 is 0 Å². The lowest BCUT2D eigenvalue weighted by molar-refractivity contribution is -0.117. The van der Waals surface area contributed by atoms with Crippen molar-refractivity contribution in [3.8, 4) is 0 Å². The van der Waals surface area contributed by atoms with Gasteiger partial charge in [0.1, 0.15) is 5.78 Å². The first-order valence-corrected chi connectivity index (χ1v) is 7.10. The van der Waals surface area contributed by atoms with E-state index in [1.165, 1.54) is 16.5 Å². The van der Waals surface area contributed by atoms with E-state index in [2.05, 4.69) is 39.8 Å². The predicted molar refractivity (Wildman–Crippen MR) is 83.4 cm³/mol. The fourth-order valence-corrected chi connectivity index (χ4v) is 2.92. The normalized spacial score (nSPS) is 11.2. The number of carbonyl (C=O) groups is 1. The average molecular weight is 281 g/mol. The lowest BCUT2D eigenvalue weighted by Crippen LogP contribution is -2.07. The molecular formula is C17H19N3O. The highest BCUT2D eigenvalue weighted by atomic mass is 16.1. The van der Waals surface area contributed by atoms with Gasteiger partial charge < -0.3 is 9.55 Å². The Hall–Kier alpha value is -2.36. The van der Waals surface area contributed by atoms with Gasteiger partial charge in [-0.2, -0.15) is 0 Å². The molecule has 0 aliphatic carbocycles. The summed E-state index contributed by atoms with van der Waals surface area (Å²) < 4.78 is 2.10. The number of rotatable bonds is 4. The van der Waals surface area contributed by atoms with Crippen LogP contribution in [-0.2, 0) is 24.7 Å². The topological polar surface area (TPSA) is 50.7 Å². The number of para-hydroxylation sites is 1. The maximum Gasteiger partial charge on any atom is 0.143 e. The molecule has 0 atom stereocenters. The van der Waals surface area contributed by atoms with Crippen LogP contribution in [0.2, 0.25) is 0 Å². The van der Waals surface area contributed by atoms with Crippen LogP contribution in [0.5, 0.6) is 0 Å². The molecule has 0 fully saturated rings. The van der Waals surface area contributed by atoms with Gasteiger partial charge in [0.15, 0.2) is 0 Å². The molecule has 2 aromatic heterocycles. The van der Waals surface area contributed by atoms with Gasteiger partial charge in [0, 0.05) is 30.7 Å². The molecule has 0 saturated heterocycles. The molecule has 1 N–H and O–H groups in total. The Balaban J connectivity index is 1.87. The van der Waals surface area contributed by atoms with Crippen molar-refractivity contribution in [1.82, 2.24) is 14.5 Å². The van der Waals surface area contributed by atoms with Crippen molar-refractivity contribution in [3.05, 3.63) is 53.2 Å². The molecular weight excluding hydrogens is 262 g/mol. The molecule has 0 saturated carbocycles. The van der Waals surface area contributed by atoms with Crippen LogP contribution in [0.15, 0.2) is 30.7 Å². The van der Waals surface area contributed by atoms with Crippen LogP contribution in [0.25, 0.3) is 10.9 Å². The molecule has 2 heterocycles. The van der Waals surface area contributed by atoms with E-state index < -0.39 is 0 Å². The van der Waals surface area contributed by atoms with E-state index in [9.17, 15) is 4.79 Å². The number of fused-ring (bicyclic) bond motifs is 1. The Morgan fingerprint density at radius 2 is 2.10 bits per heavy atom. The van der Waals surface area contributed by atoms with Gasteiger partial charge in [0.25, 0.3) is 0 Å². The van der Waals surface area contributed by atoms with E-state index in [1.807, 2.05) is 20.0 Å². The highest BCUT2D eigenvalue weighted by molar-refractivity contribution is 5.92. The molecule has 4 nitrogen and oxygen atoms in total. The molecule has 0 radical (unpaired) electrons. The molecule has 0 aliphatic heterocycles. The van der Waals surface area contributed by atoms with Crippen LogP contribution in [-0.4, -0.2) is 20.3 Å². The molecule has 4 heteroatoms. The number of Topliss-reactive ketones (excluding diaryl/α,β-unsaturated/α-hetero) is 1. The molecule has 0 unspecified atom stereocenters. The van der Waals surface area contributed by atoms with E-state index >= 15 is 0 Å². The third kappa shape index (κ3) is 2.49. The monoisotopic (exact) mass is 281 g/mol. The van der Waals surface area contributed by atoms with Gasteiger partial charge in [-0.15, -0.1) is 0 Å². The Kier molecular flexibility index (Phi) is 3.37. The van der Waals surface area contributed by atoms with Crippen LogP contribution >= 0.6 is 0 Å². The van der Waals surface area contributed by atoms with Gasteiger partial charge in [0.2, 0.25) is 0 Å². The van der Waals surface area contributed by atoms with Crippen molar-refractivity contribution in [2.24, 2.45) is 7.05 Å². The summed E-state index contributed by atoms with van der Waals surface area (Å²) in [5.41, 5.74) is 5.34. The molecule has 3 rings (SSSR count). The van der Waals surface area contributed by atoms with Crippen LogP contribution in [0, 0.1) is 13.8 Å². The first-order chi connectivity index (χ1) is 10.1. The molecule has 21 heavy (non-hydrogen) atoms. The zero-order valence-corrected chi connectivity index (χ0v) is 12.6. The third-order valence-corrected chi connectivity index (χ3v) is 3.97. The van der Waals surface area contributed by atoms with Crippen LogP contribution < -0.4 is 0 Å². The molecule has 0 bridgehead atoms. The van der Waals surface area contributed by atoms with Gasteiger partial charge in [-0.1, -0.05) is 18.2 Å². The molecule has 3 aromatic rings. The fourth-order valence-electron chi connectivity index (χ4n) is 2.92. The van der Waals surface area contributed by atoms with E-state index in [1.54, 1.807) is 6.33 Å². The fraction of sp³-hybridized carbons (Fsp3) is 0.294. The number of aromatic amines is 1. The van der Waals surface area contributed by atoms with Crippen molar-refractivity contribution in [1.29, 1.82) is 0 Å². The number of nitrogens with one attached hydrogen (secondary N) is 1. The zero-order chi connectivity index (χ0) is 15.0. The van der Waals surface area contributed by atoms with Gasteiger partial charge in [-0.3, -0.25) is 4.79 Å². The van der Waals surface area contributed by atoms with Gasteiger partial charge in [-0.05, 0) is 25.0 Å². The lowest BCUT2D eigenvalue weighted by atomic mass is 10.0. The van der Waals surface area contributed by atoms with Gasteiger partial charge in [0.05, 0.1) is 24.0 Å². The van der Waals surface area contributed by atoms with Crippen LogP contribution in [0.3, 0.4) is 0 Å². The number of hydrogen-bond acceptors (Lipinski definition) is 2. The number of nitrogens with zero attached hydrogens (tertiary/aromatic N) is 2. The number of aryl methyl sites for hydroxylation is 3. The van der Waals surface area contributed by atoms with E-state index in [0.717, 1.165) is 17.0 Å². The summed E-state index contributed by atoms with van der Waals surface area (Å²) in [4.78, 5) is 19.5. The van der Waals surface area contributed by atoms with Crippen molar-refractivity contribution in [3.63, 3.8) is 0 Å². The second-order valence-corrected chi connectivity index (χ2v) is 5.60. The highest BCUT2D eigenvalue weighted by Gasteiger charge is 2.14. The summed E-state index contributed by atoms with van der Waals surface area (Å²) in [6, 6.07) is 6.23. The number of carbonyl (C=O) groups excluding carboxylic acids is 1. The highest BCUT2D eigenvalue weighted by Crippen LogP contribution is 2.24. The SMILES string of the molecule is Cc1[nH]cnc1CC(=O)Cc1cn(C)c2c(C)cccc12. The molecule has 1 aromatic carbocycles. The first kappa shape index (κ1) is 13.6. The summed E-state index contributed by atoms with van der Waals surface area (Å²) in [6.07, 6.45) is 4.54. The Bertz CT molecular complexity index is 811. The predicted octanol–water partition coefficient (Wildman–Crippen LogP) is 2.87. The maximum absolute atomic E-state index is 12.3. The number of ketones is 1. The third-order valence-electron chi connectivity index (χ3n) is 3.97. The van der Waals surface area contributed by atoms with Crippen molar-refractivity contribution < 1.29 is 4.79 Å². The summed E-state index contributed by atoms with van der Waals surface area (Å²) in [5.74, 6) is 0.194. The summed E-state index contributed by atoms with van der Waals surface area (Å²) in [5, 5.41) is 1.17. The van der Waals surface area contributed by atoms with Crippen molar-refractivity contribution >= 4 is 16.7 Å². The minimum absolute atomic E-state index is 0.194. The Morgan fingerprint density at radius 1 is 1.29 bits per heavy atom. The average Bonchev–Trinajstić information content (AvgIpc) is 2.96. The van der Waals surface area contributed by atoms with E-state index in [4.69, 9.17) is 0 Å². The lowest BCUT2D eigenvalue weighted by Gasteiger charge is -2.01. The maximum atomic E-state index is 12.3. The molecule has 0 aliphatic rings. The summed E-state index contributed by atoms with van der Waals surface area (Å²) in [7, 11) is 2.03. The summed E-state index contributed by atoms with van der Waals surface area (Å²) >= 11 is 0. The minimum atomic E-state index is 0.194. The smallest absolute Gasteiger partial charge is 0.143 e. The van der Waals surface area contributed by atoms with Crippen molar-refractivity contribution in [2.75, 3.05) is 0 Å². The van der Waals surface area contributed by atoms with Crippen LogP contribution in [0.4, 0.5) is 0 Å². The minimum Gasteiger partial charge on any atom is -0.350 e. The molecule has 108 valence electrons. The standard InChI is InChI=1S/C17H19N3O/c1-11-5-4-6-15-13(9-20(3)17(11)15)7-14(21)8-16-12(2)18-10-19-16/h4-6,9-10H,7-8H2,1-3H3,(H,18,19). The number of H-pyrrole nitrogens is 1. The summed E-state index contributed by atoms with van der Waals surface area (Å²) in [6.45, 7) is 4.04. The molecule has 0 amide bonds. The van der Waals surface area contributed by atoms with E-state index in [-0.39, 0.29) is 5.78 Å². The first-order valence-electron chi connectivity index (χ1n) is 7.10. The second-order valence-electron chi connectivity index (χ2n) is 5.60. The largest absolute Gasteiger partial charge is 0.350 e. The number of imidazole rings is 1. The van der Waals surface area contributed by atoms with Crippen molar-refractivity contribution in [2.45, 2.75) is 26.7 Å². The quantitative estimate of drug-likeness (QED) is 0.799. The molecule has 0 spiro atoms. The van der Waals surface area contributed by atoms with E-state index in [0.29, 0.717) is 12.8 Å².